The Kier molecular flexibility index (Phi) is 8.98. The first kappa shape index (κ1) is 21.8. The van der Waals surface area contributed by atoms with Crippen molar-refractivity contribution in [1.82, 2.24) is 10.6 Å². The van der Waals surface area contributed by atoms with Crippen LogP contribution in [0.25, 0.3) is 0 Å². The molecule has 0 heterocycles. The quantitative estimate of drug-likeness (QED) is 0.517. The fraction of sp³-hybridized carbons (Fsp3) is 0.500. The molecule has 7 nitrogen and oxygen atoms in total. The summed E-state index contributed by atoms with van der Waals surface area (Å²) >= 11 is 1.48. The maximum absolute atomic E-state index is 11.7. The second kappa shape index (κ2) is 10.7. The maximum Gasteiger partial charge on any atom is 0.409 e. The lowest BCUT2D eigenvalue weighted by atomic mass is 10.2. The number of carbonyl (C=O) groups excluding carboxylic acids is 2. The highest BCUT2D eigenvalue weighted by Crippen LogP contribution is 2.16. The number of nitrogens with one attached hydrogen (secondary N) is 3. The summed E-state index contributed by atoms with van der Waals surface area (Å²) in [5, 5.41) is 8.99. The molecule has 0 aromatic heterocycles. The number of amides is 3. The molecular weight excluding hydrogens is 352 g/mol. The highest BCUT2D eigenvalue weighted by Gasteiger charge is 2.11. The van der Waals surface area contributed by atoms with Gasteiger partial charge in [-0.25, -0.2) is 9.59 Å². The fourth-order valence-electron chi connectivity index (χ4n) is 2.00. The average Bonchev–Trinajstić information content (AvgIpc) is 2.51. The van der Waals surface area contributed by atoms with E-state index in [0.717, 1.165) is 10.6 Å². The Morgan fingerprint density at radius 1 is 1.04 bits per heavy atom. The highest BCUT2D eigenvalue weighted by atomic mass is 32.2. The molecule has 0 bridgehead atoms. The number of carbonyl (C=O) groups is 2. The van der Waals surface area contributed by atoms with Gasteiger partial charge in [-0.15, -0.1) is 11.8 Å². The zero-order chi connectivity index (χ0) is 19.7. The van der Waals surface area contributed by atoms with Gasteiger partial charge in [0.25, 0.3) is 0 Å². The van der Waals surface area contributed by atoms with Crippen LogP contribution in [0.1, 0.15) is 40.2 Å². The summed E-state index contributed by atoms with van der Waals surface area (Å²) in [6, 6.07) is 7.20. The van der Waals surface area contributed by atoms with Crippen LogP contribution in [0.2, 0.25) is 0 Å². The molecule has 0 radical (unpaired) electrons. The van der Waals surface area contributed by atoms with Gasteiger partial charge in [-0.3, -0.25) is 10.3 Å². The predicted octanol–water partition coefficient (Wildman–Crippen LogP) is 3.81. The lowest BCUT2D eigenvalue weighted by Crippen LogP contribution is -2.34. The van der Waals surface area contributed by atoms with Crippen LogP contribution in [-0.2, 0) is 4.74 Å². The number of thioether (sulfide) groups is 1. The van der Waals surface area contributed by atoms with Gasteiger partial charge in [-0.1, -0.05) is 12.1 Å². The molecule has 3 N–H and O–H groups in total. The number of alkyl carbamates (subject to hydrolysis) is 1. The Hall–Kier alpha value is -2.22. The van der Waals surface area contributed by atoms with Gasteiger partial charge in [0, 0.05) is 17.3 Å². The van der Waals surface area contributed by atoms with Gasteiger partial charge < -0.3 is 15.4 Å². The van der Waals surface area contributed by atoms with Crippen LogP contribution in [-0.4, -0.2) is 41.7 Å². The molecule has 144 valence electrons. The van der Waals surface area contributed by atoms with Crippen LogP contribution >= 0.6 is 11.8 Å². The van der Waals surface area contributed by atoms with Gasteiger partial charge in [0.15, 0.2) is 0 Å². The molecule has 3 amide bonds. The van der Waals surface area contributed by atoms with Crippen molar-refractivity contribution in [3.05, 3.63) is 29.8 Å². The Morgan fingerprint density at radius 2 is 1.65 bits per heavy atom. The van der Waals surface area contributed by atoms with Crippen molar-refractivity contribution < 1.29 is 14.3 Å². The van der Waals surface area contributed by atoms with Crippen LogP contribution < -0.4 is 16.0 Å². The van der Waals surface area contributed by atoms with Crippen molar-refractivity contribution in [2.75, 3.05) is 11.6 Å². The van der Waals surface area contributed by atoms with E-state index in [2.05, 4.69) is 20.9 Å². The lowest BCUT2D eigenvalue weighted by Gasteiger charge is -2.14. The highest BCUT2D eigenvalue weighted by molar-refractivity contribution is 8.13. The molecule has 0 saturated heterocycles. The Morgan fingerprint density at radius 3 is 2.15 bits per heavy atom. The Bertz CT molecular complexity index is 630. The van der Waals surface area contributed by atoms with E-state index in [9.17, 15) is 9.59 Å². The number of rotatable bonds is 6. The third-order valence-corrected chi connectivity index (χ3v) is 3.71. The van der Waals surface area contributed by atoms with Crippen LogP contribution in [0.4, 0.5) is 15.3 Å². The third-order valence-electron chi connectivity index (χ3n) is 2.98. The first-order valence-electron chi connectivity index (χ1n) is 8.48. The van der Waals surface area contributed by atoms with Crippen LogP contribution in [0, 0.1) is 0 Å². The number of anilines is 1. The first-order chi connectivity index (χ1) is 12.2. The molecule has 8 heteroatoms. The largest absolute Gasteiger partial charge is 0.447 e. The zero-order valence-electron chi connectivity index (χ0n) is 16.1. The second-order valence-electron chi connectivity index (χ2n) is 6.24. The molecule has 26 heavy (non-hydrogen) atoms. The van der Waals surface area contributed by atoms with Crippen molar-refractivity contribution >= 4 is 34.6 Å². The standard InChI is InChI=1S/C18H28N4O3S/c1-11(2)19-17(23)22-15-9-7-14(8-10-15)16(26-6)20-13(5)21-18(24)25-12(3)4/h7-13H,1-6H3,(H,21,24)(H2,19,22,23). The van der Waals surface area contributed by atoms with Crippen LogP contribution in [0.15, 0.2) is 29.3 Å². The Balaban J connectivity index is 2.74. The predicted molar refractivity (Wildman–Crippen MR) is 108 cm³/mol. The van der Waals surface area contributed by atoms with Gasteiger partial charge >= 0.3 is 12.1 Å². The maximum atomic E-state index is 11.7. The topological polar surface area (TPSA) is 91.8 Å². The number of hydrogen-bond donors (Lipinski definition) is 3. The van der Waals surface area contributed by atoms with E-state index in [1.807, 2.05) is 44.4 Å². The monoisotopic (exact) mass is 380 g/mol. The van der Waals surface area contributed by atoms with Gasteiger partial charge in [-0.2, -0.15) is 0 Å². The van der Waals surface area contributed by atoms with Crippen molar-refractivity contribution in [3.63, 3.8) is 0 Å². The van der Waals surface area contributed by atoms with Crippen molar-refractivity contribution in [2.24, 2.45) is 4.99 Å². The normalized spacial score (nSPS) is 12.7. The molecular formula is C18H28N4O3S. The number of hydrogen-bond acceptors (Lipinski definition) is 5. The fourth-order valence-corrected chi connectivity index (χ4v) is 2.63. The van der Waals surface area contributed by atoms with E-state index >= 15 is 0 Å². The van der Waals surface area contributed by atoms with E-state index < -0.39 is 12.3 Å². The summed E-state index contributed by atoms with van der Waals surface area (Å²) in [5.41, 5.74) is 1.59. The molecule has 1 rings (SSSR count). The summed E-state index contributed by atoms with van der Waals surface area (Å²) in [7, 11) is 0. The van der Waals surface area contributed by atoms with Gasteiger partial charge in [0.05, 0.1) is 11.1 Å². The van der Waals surface area contributed by atoms with Crippen molar-refractivity contribution in [3.8, 4) is 0 Å². The van der Waals surface area contributed by atoms with Crippen molar-refractivity contribution in [1.29, 1.82) is 0 Å². The summed E-state index contributed by atoms with van der Waals surface area (Å²) in [6.45, 7) is 9.16. The lowest BCUT2D eigenvalue weighted by molar-refractivity contribution is 0.113. The molecule has 0 aliphatic heterocycles. The molecule has 1 aromatic rings. The summed E-state index contributed by atoms with van der Waals surface area (Å²) < 4.78 is 5.05. The second-order valence-corrected chi connectivity index (χ2v) is 7.04. The number of urea groups is 1. The van der Waals surface area contributed by atoms with Crippen LogP contribution in [0.3, 0.4) is 0 Å². The minimum Gasteiger partial charge on any atom is -0.447 e. The first-order valence-corrected chi connectivity index (χ1v) is 9.70. The molecule has 0 spiro atoms. The van der Waals surface area contributed by atoms with Gasteiger partial charge in [-0.05, 0) is 53.0 Å². The summed E-state index contributed by atoms with van der Waals surface area (Å²) in [4.78, 5) is 27.9. The Labute approximate surface area is 159 Å². The minimum absolute atomic E-state index is 0.0703. The van der Waals surface area contributed by atoms with E-state index in [1.165, 1.54) is 11.8 Å². The molecule has 1 atom stereocenters. The summed E-state index contributed by atoms with van der Waals surface area (Å²) in [5.74, 6) is 0. The summed E-state index contributed by atoms with van der Waals surface area (Å²) in [6.07, 6.45) is 0.824. The van der Waals surface area contributed by atoms with Gasteiger partial charge in [0.1, 0.15) is 6.17 Å². The smallest absolute Gasteiger partial charge is 0.409 e. The number of ether oxygens (including phenoxy) is 1. The molecule has 0 saturated carbocycles. The molecule has 0 aliphatic rings. The molecule has 1 aromatic carbocycles. The third kappa shape index (κ3) is 8.24. The molecule has 0 aliphatic carbocycles. The van der Waals surface area contributed by atoms with E-state index in [0.29, 0.717) is 5.69 Å². The molecule has 1 unspecified atom stereocenters. The van der Waals surface area contributed by atoms with E-state index in [-0.39, 0.29) is 18.2 Å². The zero-order valence-corrected chi connectivity index (χ0v) is 16.9. The van der Waals surface area contributed by atoms with E-state index in [1.54, 1.807) is 20.8 Å². The SMILES string of the molecule is CSC(=NC(C)NC(=O)OC(C)C)c1ccc(NC(=O)NC(C)C)cc1. The number of aliphatic imine (C=N–C) groups is 1. The molecule has 0 fully saturated rings. The number of benzene rings is 1. The minimum atomic E-state index is -0.493. The average molecular weight is 381 g/mol. The van der Waals surface area contributed by atoms with E-state index in [4.69, 9.17) is 4.74 Å². The number of nitrogens with zero attached hydrogens (tertiary/aromatic N) is 1. The van der Waals surface area contributed by atoms with Crippen molar-refractivity contribution in [2.45, 2.75) is 52.9 Å². The van der Waals surface area contributed by atoms with Crippen LogP contribution in [0.5, 0.6) is 0 Å². The van der Waals surface area contributed by atoms with Gasteiger partial charge in [0.2, 0.25) is 0 Å².